The van der Waals surface area contributed by atoms with Gasteiger partial charge in [0.2, 0.25) is 0 Å². The molecule has 3 nitrogen and oxygen atoms in total. The number of nitrogens with zero attached hydrogens (tertiary/aromatic N) is 2. The van der Waals surface area contributed by atoms with Gasteiger partial charge in [0, 0.05) is 30.6 Å². The maximum absolute atomic E-state index is 5.27. The van der Waals surface area contributed by atoms with Crippen LogP contribution in [0.2, 0.25) is 0 Å². The van der Waals surface area contributed by atoms with Gasteiger partial charge in [-0.05, 0) is 25.2 Å². The van der Waals surface area contributed by atoms with E-state index in [4.69, 9.17) is 17.0 Å². The Morgan fingerprint density at radius 1 is 1.53 bits per heavy atom. The summed E-state index contributed by atoms with van der Waals surface area (Å²) in [5.74, 6) is 0. The SMILES string of the molecule is CCOC(=S)Cc1cccn2ccnc12. The van der Waals surface area contributed by atoms with Crippen molar-refractivity contribution in [1.82, 2.24) is 9.38 Å². The summed E-state index contributed by atoms with van der Waals surface area (Å²) < 4.78 is 7.24. The van der Waals surface area contributed by atoms with Gasteiger partial charge >= 0.3 is 0 Å². The van der Waals surface area contributed by atoms with Gasteiger partial charge in [0.1, 0.15) is 5.65 Å². The Kier molecular flexibility index (Phi) is 2.97. The standard InChI is InChI=1S/C11H12N2OS/c1-2-14-10(15)8-9-4-3-6-13-7-5-12-11(9)13/h3-7H,2,8H2,1H3. The highest BCUT2D eigenvalue weighted by atomic mass is 32.1. The molecule has 15 heavy (non-hydrogen) atoms. The number of ether oxygens (including phenoxy) is 1. The molecular weight excluding hydrogens is 208 g/mol. The smallest absolute Gasteiger partial charge is 0.164 e. The fourth-order valence-electron chi connectivity index (χ4n) is 1.51. The summed E-state index contributed by atoms with van der Waals surface area (Å²) in [5.41, 5.74) is 2.04. The predicted octanol–water partition coefficient (Wildman–Crippen LogP) is 2.24. The number of imidazole rings is 1. The second-order valence-electron chi connectivity index (χ2n) is 3.17. The van der Waals surface area contributed by atoms with Gasteiger partial charge in [-0.3, -0.25) is 0 Å². The molecule has 0 saturated carbocycles. The van der Waals surface area contributed by atoms with Crippen LogP contribution in [-0.2, 0) is 11.2 Å². The molecule has 0 radical (unpaired) electrons. The monoisotopic (exact) mass is 220 g/mol. The summed E-state index contributed by atoms with van der Waals surface area (Å²) in [5, 5.41) is 0.619. The summed E-state index contributed by atoms with van der Waals surface area (Å²) in [7, 11) is 0. The van der Waals surface area contributed by atoms with Crippen molar-refractivity contribution < 1.29 is 4.74 Å². The van der Waals surface area contributed by atoms with Crippen LogP contribution in [0.4, 0.5) is 0 Å². The largest absolute Gasteiger partial charge is 0.487 e. The van der Waals surface area contributed by atoms with Gasteiger partial charge in [0.05, 0.1) is 6.61 Å². The minimum Gasteiger partial charge on any atom is -0.487 e. The van der Waals surface area contributed by atoms with Crippen LogP contribution in [0.5, 0.6) is 0 Å². The summed E-state index contributed by atoms with van der Waals surface area (Å²) in [6.07, 6.45) is 6.31. The van der Waals surface area contributed by atoms with Gasteiger partial charge < -0.3 is 9.14 Å². The zero-order chi connectivity index (χ0) is 10.7. The van der Waals surface area contributed by atoms with Crippen LogP contribution in [0.1, 0.15) is 12.5 Å². The molecule has 78 valence electrons. The molecule has 0 unspecified atom stereocenters. The van der Waals surface area contributed by atoms with E-state index < -0.39 is 0 Å². The van der Waals surface area contributed by atoms with Gasteiger partial charge in [0.25, 0.3) is 0 Å². The van der Waals surface area contributed by atoms with Crippen LogP contribution in [-0.4, -0.2) is 21.0 Å². The molecule has 0 aliphatic rings. The Bertz CT molecular complexity index is 478. The summed E-state index contributed by atoms with van der Waals surface area (Å²) in [6.45, 7) is 2.55. The van der Waals surface area contributed by atoms with E-state index in [0.29, 0.717) is 18.1 Å². The van der Waals surface area contributed by atoms with E-state index in [1.807, 2.05) is 35.9 Å². The van der Waals surface area contributed by atoms with Crippen LogP contribution in [0.3, 0.4) is 0 Å². The van der Waals surface area contributed by atoms with Crippen molar-refractivity contribution in [2.75, 3.05) is 6.61 Å². The molecule has 2 aromatic heterocycles. The lowest BCUT2D eigenvalue weighted by molar-refractivity contribution is 0.330. The molecule has 0 atom stereocenters. The molecule has 0 aromatic carbocycles. The Morgan fingerprint density at radius 2 is 2.40 bits per heavy atom. The van der Waals surface area contributed by atoms with Crippen molar-refractivity contribution in [1.29, 1.82) is 0 Å². The quantitative estimate of drug-likeness (QED) is 0.742. The second-order valence-corrected chi connectivity index (χ2v) is 3.63. The number of hydrogen-bond acceptors (Lipinski definition) is 3. The Balaban J connectivity index is 2.27. The lowest BCUT2D eigenvalue weighted by Gasteiger charge is -2.05. The zero-order valence-corrected chi connectivity index (χ0v) is 9.33. The summed E-state index contributed by atoms with van der Waals surface area (Å²) in [4.78, 5) is 4.28. The zero-order valence-electron chi connectivity index (χ0n) is 8.51. The molecule has 0 saturated heterocycles. The Labute approximate surface area is 93.7 Å². The Hall–Kier alpha value is -1.42. The minimum absolute atomic E-state index is 0.619. The fourth-order valence-corrected chi connectivity index (χ4v) is 1.79. The van der Waals surface area contributed by atoms with Crippen molar-refractivity contribution in [3.63, 3.8) is 0 Å². The highest BCUT2D eigenvalue weighted by Gasteiger charge is 2.05. The molecule has 2 rings (SSSR count). The predicted molar refractivity (Wildman–Crippen MR) is 63.1 cm³/mol. The van der Waals surface area contributed by atoms with E-state index >= 15 is 0 Å². The molecule has 0 fully saturated rings. The summed E-state index contributed by atoms with van der Waals surface area (Å²) >= 11 is 5.11. The molecule has 0 spiro atoms. The van der Waals surface area contributed by atoms with Gasteiger partial charge in [-0.1, -0.05) is 6.07 Å². The first-order chi connectivity index (χ1) is 7.31. The number of aromatic nitrogens is 2. The van der Waals surface area contributed by atoms with Crippen LogP contribution in [0.25, 0.3) is 5.65 Å². The number of thiocarbonyl (C=S) groups is 1. The fraction of sp³-hybridized carbons (Fsp3) is 0.273. The van der Waals surface area contributed by atoms with Crippen molar-refractivity contribution >= 4 is 22.9 Å². The minimum atomic E-state index is 0.619. The van der Waals surface area contributed by atoms with E-state index in [9.17, 15) is 0 Å². The third-order valence-corrected chi connectivity index (χ3v) is 2.40. The van der Waals surface area contributed by atoms with Crippen molar-refractivity contribution in [2.24, 2.45) is 0 Å². The summed E-state index contributed by atoms with van der Waals surface area (Å²) in [6, 6.07) is 4.01. The van der Waals surface area contributed by atoms with E-state index in [0.717, 1.165) is 11.2 Å². The van der Waals surface area contributed by atoms with Crippen LogP contribution < -0.4 is 0 Å². The topological polar surface area (TPSA) is 26.5 Å². The third kappa shape index (κ3) is 2.15. The highest BCUT2D eigenvalue weighted by molar-refractivity contribution is 7.80. The van der Waals surface area contributed by atoms with E-state index in [1.165, 1.54) is 0 Å². The number of rotatable bonds is 3. The van der Waals surface area contributed by atoms with Gasteiger partial charge in [-0.25, -0.2) is 4.98 Å². The molecule has 0 bridgehead atoms. The normalized spacial score (nSPS) is 10.5. The van der Waals surface area contributed by atoms with Crippen LogP contribution >= 0.6 is 12.2 Å². The first-order valence-electron chi connectivity index (χ1n) is 4.87. The molecule has 2 heterocycles. The first kappa shape index (κ1) is 10.1. The second kappa shape index (κ2) is 4.40. The lowest BCUT2D eigenvalue weighted by atomic mass is 10.2. The van der Waals surface area contributed by atoms with E-state index in [1.54, 1.807) is 6.20 Å². The van der Waals surface area contributed by atoms with E-state index in [2.05, 4.69) is 4.98 Å². The average Bonchev–Trinajstić information content (AvgIpc) is 2.67. The number of hydrogen-bond donors (Lipinski definition) is 0. The molecule has 2 aromatic rings. The molecule has 0 aliphatic carbocycles. The Morgan fingerprint density at radius 3 is 3.20 bits per heavy atom. The van der Waals surface area contributed by atoms with Gasteiger partial charge in [-0.2, -0.15) is 0 Å². The maximum atomic E-state index is 5.27. The van der Waals surface area contributed by atoms with Crippen molar-refractivity contribution in [3.8, 4) is 0 Å². The maximum Gasteiger partial charge on any atom is 0.164 e. The van der Waals surface area contributed by atoms with Crippen LogP contribution in [0, 0.1) is 0 Å². The van der Waals surface area contributed by atoms with Crippen LogP contribution in [0.15, 0.2) is 30.7 Å². The van der Waals surface area contributed by atoms with Gasteiger partial charge in [-0.15, -0.1) is 0 Å². The molecule has 0 N–H and O–H groups in total. The first-order valence-corrected chi connectivity index (χ1v) is 5.28. The average molecular weight is 220 g/mol. The van der Waals surface area contributed by atoms with Crippen molar-refractivity contribution in [2.45, 2.75) is 13.3 Å². The number of fused-ring (bicyclic) bond motifs is 1. The van der Waals surface area contributed by atoms with Crippen molar-refractivity contribution in [3.05, 3.63) is 36.3 Å². The van der Waals surface area contributed by atoms with E-state index in [-0.39, 0.29) is 0 Å². The van der Waals surface area contributed by atoms with Gasteiger partial charge in [0.15, 0.2) is 5.05 Å². The molecule has 4 heteroatoms. The lowest BCUT2D eigenvalue weighted by Crippen LogP contribution is -2.06. The molecular formula is C11H12N2OS. The molecule has 0 aliphatic heterocycles. The third-order valence-electron chi connectivity index (χ3n) is 2.14. The number of pyridine rings is 1. The highest BCUT2D eigenvalue weighted by Crippen LogP contribution is 2.10. The molecule has 0 amide bonds.